The second-order valence-corrected chi connectivity index (χ2v) is 6.87. The number of hydrogen-bond donors (Lipinski definition) is 0. The summed E-state index contributed by atoms with van der Waals surface area (Å²) >= 11 is 36.5. The Labute approximate surface area is 135 Å². The van der Waals surface area contributed by atoms with Gasteiger partial charge in [0.1, 0.15) is 0 Å². The highest BCUT2D eigenvalue weighted by Crippen LogP contribution is 2.44. The van der Waals surface area contributed by atoms with Crippen molar-refractivity contribution in [2.24, 2.45) is 0 Å². The maximum atomic E-state index is 6.23. The lowest BCUT2D eigenvalue weighted by Gasteiger charge is -2.25. The summed E-state index contributed by atoms with van der Waals surface area (Å²) < 4.78 is -1.20. The van der Waals surface area contributed by atoms with Gasteiger partial charge in [-0.25, -0.2) is 0 Å². The van der Waals surface area contributed by atoms with Gasteiger partial charge in [0.15, 0.2) is 4.33 Å². The summed E-state index contributed by atoms with van der Waals surface area (Å²) in [6.45, 7) is 0. The van der Waals surface area contributed by atoms with Crippen molar-refractivity contribution in [2.45, 2.75) is 9.71 Å². The third-order valence-corrected chi connectivity index (χ3v) is 4.62. The van der Waals surface area contributed by atoms with Crippen molar-refractivity contribution in [2.75, 3.05) is 0 Å². The molecule has 0 saturated heterocycles. The molecule has 6 heteroatoms. The molecule has 0 nitrogen and oxygen atoms in total. The molecule has 0 radical (unpaired) electrons. The monoisotopic (exact) mass is 360 g/mol. The van der Waals surface area contributed by atoms with Gasteiger partial charge in [-0.3, -0.25) is 0 Å². The molecule has 96 valence electrons. The van der Waals surface area contributed by atoms with Crippen LogP contribution in [0.2, 0.25) is 10.0 Å². The smallest absolute Gasteiger partial charge is 0.112 e. The van der Waals surface area contributed by atoms with Crippen molar-refractivity contribution in [3.8, 4) is 0 Å². The van der Waals surface area contributed by atoms with Crippen LogP contribution < -0.4 is 0 Å². The Morgan fingerprint density at radius 3 is 2.33 bits per heavy atom. The van der Waals surface area contributed by atoms with E-state index in [2.05, 4.69) is 0 Å². The molecule has 0 N–H and O–H groups in total. The first-order chi connectivity index (χ1) is 8.32. The molecule has 1 unspecified atom stereocenters. The lowest BCUT2D eigenvalue weighted by molar-refractivity contribution is 1.16. The molecule has 0 fully saturated rings. The molecule has 0 bridgehead atoms. The molecule has 1 atom stereocenters. The Hall–Kier alpha value is 0.440. The Bertz CT molecular complexity index is 543. The highest BCUT2D eigenvalue weighted by atomic mass is 35.5. The molecule has 0 spiro atoms. The molecule has 1 aliphatic carbocycles. The molecule has 0 aliphatic heterocycles. The van der Waals surface area contributed by atoms with Gasteiger partial charge in [0.2, 0.25) is 0 Å². The highest BCUT2D eigenvalue weighted by Gasteiger charge is 2.31. The fraction of sp³-hybridized carbons (Fsp3) is 0.167. The van der Waals surface area contributed by atoms with Crippen molar-refractivity contribution in [1.29, 1.82) is 0 Å². The summed E-state index contributed by atoms with van der Waals surface area (Å²) in [5.41, 5.74) is 1.31. The molecular weight excluding hydrogens is 357 g/mol. The van der Waals surface area contributed by atoms with Crippen molar-refractivity contribution in [3.63, 3.8) is 0 Å². The third kappa shape index (κ3) is 2.95. The van der Waals surface area contributed by atoms with E-state index in [4.69, 9.17) is 69.6 Å². The van der Waals surface area contributed by atoms with Crippen LogP contribution in [0.15, 0.2) is 35.4 Å². The van der Waals surface area contributed by atoms with Crippen LogP contribution in [-0.4, -0.2) is 9.71 Å². The van der Waals surface area contributed by atoms with Crippen LogP contribution in [0.25, 0.3) is 5.57 Å². The molecule has 0 aromatic heterocycles. The average molecular weight is 363 g/mol. The summed E-state index contributed by atoms with van der Waals surface area (Å²) in [6.07, 6.45) is 3.09. The molecule has 0 amide bonds. The Morgan fingerprint density at radius 2 is 1.67 bits per heavy atom. The van der Waals surface area contributed by atoms with Crippen LogP contribution in [0, 0.1) is 0 Å². The zero-order chi connectivity index (χ0) is 13.5. The molecule has 18 heavy (non-hydrogen) atoms. The summed E-state index contributed by atoms with van der Waals surface area (Å²) in [7, 11) is 0. The highest BCUT2D eigenvalue weighted by molar-refractivity contribution is 6.54. The predicted octanol–water partition coefficient (Wildman–Crippen LogP) is 6.29. The minimum absolute atomic E-state index is 0.357. The summed E-state index contributed by atoms with van der Waals surface area (Å²) in [5.74, 6) is 0. The topological polar surface area (TPSA) is 0 Å². The number of benzene rings is 1. The molecule has 1 aromatic rings. The molecule has 1 aromatic carbocycles. The Kier molecular flexibility index (Phi) is 4.48. The van der Waals surface area contributed by atoms with Gasteiger partial charge in [-0.15, -0.1) is 11.6 Å². The molecule has 2 rings (SSSR count). The lowest BCUT2D eigenvalue weighted by atomic mass is 9.97. The number of rotatable bonds is 1. The normalized spacial score (nSPS) is 22.4. The zero-order valence-electron chi connectivity index (χ0n) is 8.73. The number of allylic oxidation sites excluding steroid dienone is 4. The molecular formula is C12H6Cl6. The average Bonchev–Trinajstić information content (AvgIpc) is 2.27. The first kappa shape index (κ1) is 14.8. The Morgan fingerprint density at radius 1 is 1.00 bits per heavy atom. The minimum atomic E-state index is -1.20. The fourth-order valence-electron chi connectivity index (χ4n) is 1.67. The van der Waals surface area contributed by atoms with E-state index < -0.39 is 9.71 Å². The van der Waals surface area contributed by atoms with Crippen LogP contribution >= 0.6 is 69.6 Å². The SMILES string of the molecule is ClC1=CC(Cl)(Cl)C=C(c2cccc(Cl)c2Cl)C1Cl. The first-order valence-corrected chi connectivity index (χ1v) is 7.22. The van der Waals surface area contributed by atoms with Gasteiger partial charge in [0.25, 0.3) is 0 Å². The van der Waals surface area contributed by atoms with Crippen LogP contribution in [-0.2, 0) is 0 Å². The molecule has 1 aliphatic rings. The van der Waals surface area contributed by atoms with Crippen LogP contribution in [0.1, 0.15) is 5.56 Å². The van der Waals surface area contributed by atoms with Gasteiger partial charge in [0.05, 0.1) is 15.4 Å². The van der Waals surface area contributed by atoms with E-state index in [9.17, 15) is 0 Å². The number of hydrogen-bond acceptors (Lipinski definition) is 0. The maximum Gasteiger partial charge on any atom is 0.156 e. The summed E-state index contributed by atoms with van der Waals surface area (Å²) in [6, 6.07) is 5.24. The van der Waals surface area contributed by atoms with Gasteiger partial charge in [0, 0.05) is 5.03 Å². The van der Waals surface area contributed by atoms with E-state index in [1.165, 1.54) is 6.08 Å². The zero-order valence-corrected chi connectivity index (χ0v) is 13.3. The van der Waals surface area contributed by atoms with Crippen molar-refractivity contribution in [3.05, 3.63) is 51.0 Å². The molecule has 0 heterocycles. The van der Waals surface area contributed by atoms with Crippen molar-refractivity contribution in [1.82, 2.24) is 0 Å². The van der Waals surface area contributed by atoms with E-state index in [0.717, 1.165) is 0 Å². The van der Waals surface area contributed by atoms with Crippen molar-refractivity contribution >= 4 is 75.2 Å². The van der Waals surface area contributed by atoms with Crippen LogP contribution in [0.4, 0.5) is 0 Å². The maximum absolute atomic E-state index is 6.23. The van der Waals surface area contributed by atoms with E-state index in [0.29, 0.717) is 26.2 Å². The quantitative estimate of drug-likeness (QED) is 0.514. The van der Waals surface area contributed by atoms with E-state index >= 15 is 0 Å². The standard InChI is InChI=1S/C12H6Cl6/c13-8-3-1-2-6(10(8)15)7-4-12(17,18)5-9(14)11(7)16/h1-5,11H. The van der Waals surface area contributed by atoms with Gasteiger partial charge in [-0.1, -0.05) is 70.1 Å². The summed E-state index contributed by atoms with van der Waals surface area (Å²) in [5, 5.41) is 0.634. The number of halogens is 6. The predicted molar refractivity (Wildman–Crippen MR) is 82.5 cm³/mol. The minimum Gasteiger partial charge on any atom is -0.112 e. The summed E-state index contributed by atoms with van der Waals surface area (Å²) in [4.78, 5) is 0. The second kappa shape index (κ2) is 5.44. The first-order valence-electron chi connectivity index (χ1n) is 4.89. The van der Waals surface area contributed by atoms with Crippen LogP contribution in [0.3, 0.4) is 0 Å². The fourth-order valence-corrected chi connectivity index (χ4v) is 3.19. The second-order valence-electron chi connectivity index (χ2n) is 3.77. The molecule has 0 saturated carbocycles. The van der Waals surface area contributed by atoms with Gasteiger partial charge in [-0.2, -0.15) is 0 Å². The number of alkyl halides is 3. The lowest BCUT2D eigenvalue weighted by Crippen LogP contribution is -2.18. The van der Waals surface area contributed by atoms with Crippen LogP contribution in [0.5, 0.6) is 0 Å². The van der Waals surface area contributed by atoms with Crippen molar-refractivity contribution < 1.29 is 0 Å². The van der Waals surface area contributed by atoms with Gasteiger partial charge in [-0.05, 0) is 29.4 Å². The van der Waals surface area contributed by atoms with Gasteiger partial charge < -0.3 is 0 Å². The van der Waals surface area contributed by atoms with E-state index in [1.54, 1.807) is 24.3 Å². The van der Waals surface area contributed by atoms with E-state index in [1.807, 2.05) is 0 Å². The Balaban J connectivity index is 2.57. The largest absolute Gasteiger partial charge is 0.156 e. The van der Waals surface area contributed by atoms with E-state index in [-0.39, 0.29) is 0 Å². The van der Waals surface area contributed by atoms with Gasteiger partial charge >= 0.3 is 0 Å². The third-order valence-electron chi connectivity index (χ3n) is 2.46.